The SMILES string of the molecule is CC(=O)c1c(-c2ccccc2)[nH]c2ccc(C)cc12. The van der Waals surface area contributed by atoms with Crippen LogP contribution in [0, 0.1) is 6.92 Å². The van der Waals surface area contributed by atoms with E-state index in [4.69, 9.17) is 0 Å². The zero-order chi connectivity index (χ0) is 13.4. The van der Waals surface area contributed by atoms with Gasteiger partial charge in [-0.15, -0.1) is 0 Å². The van der Waals surface area contributed by atoms with Crippen molar-refractivity contribution in [2.45, 2.75) is 13.8 Å². The van der Waals surface area contributed by atoms with E-state index < -0.39 is 0 Å². The molecular weight excluding hydrogens is 234 g/mol. The number of benzene rings is 2. The summed E-state index contributed by atoms with van der Waals surface area (Å²) in [6.45, 7) is 3.66. The highest BCUT2D eigenvalue weighted by Gasteiger charge is 2.16. The van der Waals surface area contributed by atoms with E-state index in [1.165, 1.54) is 0 Å². The van der Waals surface area contributed by atoms with E-state index in [-0.39, 0.29) is 5.78 Å². The van der Waals surface area contributed by atoms with Crippen LogP contribution in [0.5, 0.6) is 0 Å². The van der Waals surface area contributed by atoms with Crippen LogP contribution in [0.15, 0.2) is 48.5 Å². The molecule has 0 fully saturated rings. The Balaban J connectivity index is 2.36. The third kappa shape index (κ3) is 1.95. The van der Waals surface area contributed by atoms with Crippen molar-refractivity contribution in [1.29, 1.82) is 0 Å². The molecule has 1 heterocycles. The van der Waals surface area contributed by atoms with Crippen LogP contribution in [-0.2, 0) is 0 Å². The summed E-state index contributed by atoms with van der Waals surface area (Å²) in [5.41, 5.74) is 4.91. The molecule has 0 radical (unpaired) electrons. The lowest BCUT2D eigenvalue weighted by Gasteiger charge is -2.01. The molecule has 2 heteroatoms. The van der Waals surface area contributed by atoms with E-state index in [9.17, 15) is 4.79 Å². The molecule has 0 unspecified atom stereocenters. The summed E-state index contributed by atoms with van der Waals surface area (Å²) in [5, 5.41) is 1.01. The normalized spacial score (nSPS) is 10.8. The number of hydrogen-bond donors (Lipinski definition) is 1. The number of Topliss-reactive ketones (excluding diaryl/α,β-unsaturated/α-hetero) is 1. The first-order valence-corrected chi connectivity index (χ1v) is 6.35. The summed E-state index contributed by atoms with van der Waals surface area (Å²) in [7, 11) is 0. The van der Waals surface area contributed by atoms with E-state index in [0.717, 1.165) is 33.3 Å². The molecule has 1 N–H and O–H groups in total. The predicted molar refractivity (Wildman–Crippen MR) is 78.5 cm³/mol. The van der Waals surface area contributed by atoms with Crippen LogP contribution in [0.4, 0.5) is 0 Å². The number of ketones is 1. The minimum Gasteiger partial charge on any atom is -0.354 e. The van der Waals surface area contributed by atoms with Crippen molar-refractivity contribution in [2.75, 3.05) is 0 Å². The number of rotatable bonds is 2. The van der Waals surface area contributed by atoms with Gasteiger partial charge in [-0.05, 0) is 31.5 Å². The maximum atomic E-state index is 12.0. The Morgan fingerprint density at radius 2 is 1.79 bits per heavy atom. The molecule has 0 atom stereocenters. The molecule has 0 aliphatic rings. The molecule has 0 bridgehead atoms. The molecule has 0 saturated heterocycles. The van der Waals surface area contributed by atoms with Crippen LogP contribution in [0.1, 0.15) is 22.8 Å². The number of hydrogen-bond acceptors (Lipinski definition) is 1. The minimum absolute atomic E-state index is 0.0932. The van der Waals surface area contributed by atoms with Gasteiger partial charge in [0.05, 0.1) is 11.3 Å². The van der Waals surface area contributed by atoms with E-state index >= 15 is 0 Å². The van der Waals surface area contributed by atoms with Crippen molar-refractivity contribution in [3.8, 4) is 11.3 Å². The second-order valence-electron chi connectivity index (χ2n) is 4.85. The van der Waals surface area contributed by atoms with Gasteiger partial charge in [0.2, 0.25) is 0 Å². The number of carbonyl (C=O) groups excluding carboxylic acids is 1. The Morgan fingerprint density at radius 1 is 1.05 bits per heavy atom. The second-order valence-corrected chi connectivity index (χ2v) is 4.85. The molecule has 2 nitrogen and oxygen atoms in total. The van der Waals surface area contributed by atoms with Crippen molar-refractivity contribution in [2.24, 2.45) is 0 Å². The van der Waals surface area contributed by atoms with Crippen molar-refractivity contribution in [3.63, 3.8) is 0 Å². The monoisotopic (exact) mass is 249 g/mol. The average Bonchev–Trinajstić information content (AvgIpc) is 2.78. The molecule has 0 saturated carbocycles. The summed E-state index contributed by atoms with van der Waals surface area (Å²) < 4.78 is 0. The third-order valence-corrected chi connectivity index (χ3v) is 3.37. The van der Waals surface area contributed by atoms with E-state index in [1.54, 1.807) is 6.92 Å². The van der Waals surface area contributed by atoms with E-state index in [2.05, 4.69) is 17.1 Å². The van der Waals surface area contributed by atoms with Crippen molar-refractivity contribution < 1.29 is 4.79 Å². The van der Waals surface area contributed by atoms with Crippen molar-refractivity contribution >= 4 is 16.7 Å². The van der Waals surface area contributed by atoms with Crippen LogP contribution in [0.2, 0.25) is 0 Å². The van der Waals surface area contributed by atoms with E-state index in [1.807, 2.05) is 43.3 Å². The molecule has 3 aromatic rings. The molecule has 0 amide bonds. The van der Waals surface area contributed by atoms with Gasteiger partial charge in [0.1, 0.15) is 0 Å². The summed E-state index contributed by atoms with van der Waals surface area (Å²) in [6.07, 6.45) is 0. The first-order chi connectivity index (χ1) is 9.16. The van der Waals surface area contributed by atoms with Crippen LogP contribution in [-0.4, -0.2) is 10.8 Å². The van der Waals surface area contributed by atoms with Crippen LogP contribution in [0.3, 0.4) is 0 Å². The van der Waals surface area contributed by atoms with Gasteiger partial charge in [0.25, 0.3) is 0 Å². The fourth-order valence-corrected chi connectivity index (χ4v) is 2.49. The zero-order valence-corrected chi connectivity index (χ0v) is 11.0. The molecule has 3 rings (SSSR count). The number of aromatic nitrogens is 1. The quantitative estimate of drug-likeness (QED) is 0.673. The van der Waals surface area contributed by atoms with Gasteiger partial charge >= 0.3 is 0 Å². The highest BCUT2D eigenvalue weighted by atomic mass is 16.1. The van der Waals surface area contributed by atoms with Gasteiger partial charge in [-0.3, -0.25) is 4.79 Å². The van der Waals surface area contributed by atoms with Gasteiger partial charge in [0.15, 0.2) is 5.78 Å². The largest absolute Gasteiger partial charge is 0.354 e. The summed E-state index contributed by atoms with van der Waals surface area (Å²) in [4.78, 5) is 15.4. The summed E-state index contributed by atoms with van der Waals surface area (Å²) in [6, 6.07) is 16.1. The number of H-pyrrole nitrogens is 1. The van der Waals surface area contributed by atoms with Gasteiger partial charge in [0, 0.05) is 10.9 Å². The van der Waals surface area contributed by atoms with Crippen LogP contribution < -0.4 is 0 Å². The number of aryl methyl sites for hydroxylation is 1. The maximum absolute atomic E-state index is 12.0. The minimum atomic E-state index is 0.0932. The Morgan fingerprint density at radius 3 is 2.47 bits per heavy atom. The molecule has 2 aromatic carbocycles. The van der Waals surface area contributed by atoms with Gasteiger partial charge < -0.3 is 4.98 Å². The van der Waals surface area contributed by atoms with Gasteiger partial charge in [-0.25, -0.2) is 0 Å². The molecular formula is C17H15NO. The number of carbonyl (C=O) groups is 1. The Kier molecular flexibility index (Phi) is 2.71. The highest BCUT2D eigenvalue weighted by Crippen LogP contribution is 2.31. The smallest absolute Gasteiger partial charge is 0.162 e. The molecule has 19 heavy (non-hydrogen) atoms. The second kappa shape index (κ2) is 4.39. The topological polar surface area (TPSA) is 32.9 Å². The van der Waals surface area contributed by atoms with Gasteiger partial charge in [-0.1, -0.05) is 42.0 Å². The molecule has 0 aliphatic carbocycles. The molecule has 94 valence electrons. The number of fused-ring (bicyclic) bond motifs is 1. The lowest BCUT2D eigenvalue weighted by molar-refractivity contribution is 0.102. The molecule has 0 spiro atoms. The fraction of sp³-hybridized carbons (Fsp3) is 0.118. The number of aromatic amines is 1. The summed E-state index contributed by atoms with van der Waals surface area (Å²) >= 11 is 0. The first kappa shape index (κ1) is 11.7. The Bertz CT molecular complexity index is 754. The van der Waals surface area contributed by atoms with Crippen LogP contribution in [0.25, 0.3) is 22.2 Å². The number of nitrogens with one attached hydrogen (secondary N) is 1. The molecule has 1 aromatic heterocycles. The highest BCUT2D eigenvalue weighted by molar-refractivity contribution is 6.12. The maximum Gasteiger partial charge on any atom is 0.162 e. The third-order valence-electron chi connectivity index (χ3n) is 3.37. The Labute approximate surface area is 112 Å². The van der Waals surface area contributed by atoms with Crippen molar-refractivity contribution in [3.05, 3.63) is 59.7 Å². The average molecular weight is 249 g/mol. The van der Waals surface area contributed by atoms with E-state index in [0.29, 0.717) is 0 Å². The zero-order valence-electron chi connectivity index (χ0n) is 11.0. The Hall–Kier alpha value is -2.35. The first-order valence-electron chi connectivity index (χ1n) is 6.35. The van der Waals surface area contributed by atoms with Gasteiger partial charge in [-0.2, -0.15) is 0 Å². The molecule has 0 aliphatic heterocycles. The fourth-order valence-electron chi connectivity index (χ4n) is 2.49. The lowest BCUT2D eigenvalue weighted by atomic mass is 10.0. The predicted octanol–water partition coefficient (Wildman–Crippen LogP) is 4.35. The van der Waals surface area contributed by atoms with Crippen molar-refractivity contribution in [1.82, 2.24) is 4.98 Å². The standard InChI is InChI=1S/C17H15NO/c1-11-8-9-15-14(10-11)16(12(2)19)17(18-15)13-6-4-3-5-7-13/h3-10,18H,1-2H3. The van der Waals surface area contributed by atoms with Crippen LogP contribution >= 0.6 is 0 Å². The summed E-state index contributed by atoms with van der Waals surface area (Å²) in [5.74, 6) is 0.0932. The lowest BCUT2D eigenvalue weighted by Crippen LogP contribution is -1.93.